The summed E-state index contributed by atoms with van der Waals surface area (Å²) in [5.41, 5.74) is 0.127. The molecule has 0 saturated carbocycles. The second-order valence-corrected chi connectivity index (χ2v) is 5.26. The minimum atomic E-state index is -0.748. The fraction of sp³-hybridized carbons (Fsp3) is 0.538. The van der Waals surface area contributed by atoms with Gasteiger partial charge in [0, 0.05) is 18.1 Å². The van der Waals surface area contributed by atoms with Crippen LogP contribution >= 0.6 is 11.6 Å². The summed E-state index contributed by atoms with van der Waals surface area (Å²) >= 11 is 5.97. The first-order chi connectivity index (χ1) is 7.81. The lowest BCUT2D eigenvalue weighted by Crippen LogP contribution is -2.38. The number of hydrogen-bond acceptors (Lipinski definition) is 2. The fourth-order valence-electron chi connectivity index (χ4n) is 1.72. The van der Waals surface area contributed by atoms with Gasteiger partial charge in [0.2, 0.25) is 0 Å². The molecule has 2 nitrogen and oxygen atoms in total. The van der Waals surface area contributed by atoms with Crippen LogP contribution in [0.2, 0.25) is 5.02 Å². The molecule has 0 aliphatic carbocycles. The van der Waals surface area contributed by atoms with Gasteiger partial charge in [-0.3, -0.25) is 4.90 Å². The minimum absolute atomic E-state index is 0.329. The van der Waals surface area contributed by atoms with Gasteiger partial charge < -0.3 is 5.11 Å². The number of halogens is 2. The first kappa shape index (κ1) is 14.4. The highest BCUT2D eigenvalue weighted by molar-refractivity contribution is 6.31. The Bertz CT molecular complexity index is 376. The third-order valence-corrected chi connectivity index (χ3v) is 2.82. The van der Waals surface area contributed by atoms with Crippen LogP contribution in [0.1, 0.15) is 26.3 Å². The minimum Gasteiger partial charge on any atom is -0.389 e. The number of aliphatic hydroxyl groups is 1. The van der Waals surface area contributed by atoms with Gasteiger partial charge in [0.25, 0.3) is 0 Å². The lowest BCUT2D eigenvalue weighted by molar-refractivity contribution is 0.0353. The van der Waals surface area contributed by atoms with E-state index in [0.717, 1.165) is 12.1 Å². The summed E-state index contributed by atoms with van der Waals surface area (Å²) in [6, 6.07) is 4.40. The highest BCUT2D eigenvalue weighted by Crippen LogP contribution is 2.19. The van der Waals surface area contributed by atoms with E-state index in [9.17, 15) is 9.50 Å². The van der Waals surface area contributed by atoms with Crippen molar-refractivity contribution in [3.05, 3.63) is 34.6 Å². The second kappa shape index (κ2) is 5.80. The third-order valence-electron chi connectivity index (χ3n) is 2.47. The van der Waals surface area contributed by atoms with Crippen molar-refractivity contribution >= 4 is 11.6 Å². The molecule has 0 atom stereocenters. The second-order valence-electron chi connectivity index (χ2n) is 4.85. The predicted octanol–water partition coefficient (Wildman–Crippen LogP) is 3.07. The molecule has 0 radical (unpaired) electrons. The Kier molecular flexibility index (Phi) is 4.92. The largest absolute Gasteiger partial charge is 0.389 e. The van der Waals surface area contributed by atoms with E-state index >= 15 is 0 Å². The Balaban J connectivity index is 2.74. The maximum absolute atomic E-state index is 12.9. The molecule has 0 unspecified atom stereocenters. The zero-order valence-corrected chi connectivity index (χ0v) is 11.3. The topological polar surface area (TPSA) is 23.5 Å². The van der Waals surface area contributed by atoms with Gasteiger partial charge in [-0.25, -0.2) is 4.39 Å². The SMILES string of the molecule is CCN(Cc1ccc(F)cc1Cl)CC(C)(C)O. The van der Waals surface area contributed by atoms with Crippen LogP contribution in [0.5, 0.6) is 0 Å². The van der Waals surface area contributed by atoms with Crippen LogP contribution in [0.25, 0.3) is 0 Å². The van der Waals surface area contributed by atoms with E-state index < -0.39 is 5.60 Å². The Hall–Kier alpha value is -0.640. The maximum Gasteiger partial charge on any atom is 0.124 e. The maximum atomic E-state index is 12.9. The van der Waals surface area contributed by atoms with E-state index in [-0.39, 0.29) is 5.82 Å². The average molecular weight is 260 g/mol. The molecular weight excluding hydrogens is 241 g/mol. The van der Waals surface area contributed by atoms with Crippen molar-refractivity contribution in [1.82, 2.24) is 4.90 Å². The smallest absolute Gasteiger partial charge is 0.124 e. The predicted molar refractivity (Wildman–Crippen MR) is 68.7 cm³/mol. The first-order valence-electron chi connectivity index (χ1n) is 5.70. The average Bonchev–Trinajstić information content (AvgIpc) is 2.19. The Labute approximate surface area is 107 Å². The Morgan fingerprint density at radius 1 is 1.41 bits per heavy atom. The quantitative estimate of drug-likeness (QED) is 0.879. The van der Waals surface area contributed by atoms with E-state index in [1.807, 2.05) is 6.92 Å². The third kappa shape index (κ3) is 5.02. The lowest BCUT2D eigenvalue weighted by Gasteiger charge is -2.28. The lowest BCUT2D eigenvalue weighted by atomic mass is 10.1. The number of nitrogens with zero attached hydrogens (tertiary/aromatic N) is 1. The van der Waals surface area contributed by atoms with Gasteiger partial charge in [0.05, 0.1) is 5.60 Å². The van der Waals surface area contributed by atoms with Crippen molar-refractivity contribution < 1.29 is 9.50 Å². The van der Waals surface area contributed by atoms with E-state index in [4.69, 9.17) is 11.6 Å². The van der Waals surface area contributed by atoms with Crippen molar-refractivity contribution in [1.29, 1.82) is 0 Å². The zero-order chi connectivity index (χ0) is 13.1. The molecule has 0 aliphatic heterocycles. The summed E-state index contributed by atoms with van der Waals surface area (Å²) in [6.45, 7) is 7.52. The van der Waals surface area contributed by atoms with Gasteiger partial charge in [0.1, 0.15) is 5.82 Å². The van der Waals surface area contributed by atoms with Gasteiger partial charge in [-0.15, -0.1) is 0 Å². The standard InChI is InChI=1S/C13H19ClFNO/c1-4-16(9-13(2,3)17)8-10-5-6-11(15)7-12(10)14/h5-7,17H,4,8-9H2,1-3H3. The number of hydrogen-bond donors (Lipinski definition) is 1. The summed E-state index contributed by atoms with van der Waals surface area (Å²) in [4.78, 5) is 2.07. The molecule has 17 heavy (non-hydrogen) atoms. The Morgan fingerprint density at radius 3 is 2.53 bits per heavy atom. The molecule has 0 saturated heterocycles. The summed E-state index contributed by atoms with van der Waals surface area (Å²) < 4.78 is 12.9. The van der Waals surface area contributed by atoms with E-state index in [1.165, 1.54) is 12.1 Å². The highest BCUT2D eigenvalue weighted by Gasteiger charge is 2.18. The molecule has 1 aromatic carbocycles. The van der Waals surface area contributed by atoms with Crippen LogP contribution in [0.15, 0.2) is 18.2 Å². The van der Waals surface area contributed by atoms with Crippen molar-refractivity contribution in [2.45, 2.75) is 32.9 Å². The molecule has 0 bridgehead atoms. The van der Waals surface area contributed by atoms with Gasteiger partial charge in [0.15, 0.2) is 0 Å². The van der Waals surface area contributed by atoms with Crippen molar-refractivity contribution in [2.24, 2.45) is 0 Å². The molecule has 0 heterocycles. The molecule has 1 N–H and O–H groups in total. The number of rotatable bonds is 5. The molecule has 0 aromatic heterocycles. The van der Waals surface area contributed by atoms with Crippen molar-refractivity contribution in [3.63, 3.8) is 0 Å². The molecule has 96 valence electrons. The molecule has 1 rings (SSSR count). The van der Waals surface area contributed by atoms with Crippen LogP contribution in [0, 0.1) is 5.82 Å². The molecule has 0 amide bonds. The fourth-order valence-corrected chi connectivity index (χ4v) is 1.94. The normalized spacial score (nSPS) is 12.2. The van der Waals surface area contributed by atoms with Crippen molar-refractivity contribution in [2.75, 3.05) is 13.1 Å². The molecular formula is C13H19ClFNO. The summed E-state index contributed by atoms with van der Waals surface area (Å²) in [6.07, 6.45) is 0. The zero-order valence-electron chi connectivity index (χ0n) is 10.5. The number of benzene rings is 1. The van der Waals surface area contributed by atoms with Crippen LogP contribution in [-0.2, 0) is 6.54 Å². The van der Waals surface area contributed by atoms with E-state index in [2.05, 4.69) is 4.90 Å². The molecule has 4 heteroatoms. The molecule has 0 fully saturated rings. The van der Waals surface area contributed by atoms with Gasteiger partial charge in [-0.2, -0.15) is 0 Å². The molecule has 0 spiro atoms. The van der Waals surface area contributed by atoms with Crippen LogP contribution in [0.3, 0.4) is 0 Å². The summed E-state index contributed by atoms with van der Waals surface area (Å²) in [5, 5.41) is 10.2. The summed E-state index contributed by atoms with van der Waals surface area (Å²) in [5.74, 6) is -0.329. The van der Waals surface area contributed by atoms with Gasteiger partial charge in [-0.05, 0) is 38.1 Å². The van der Waals surface area contributed by atoms with Gasteiger partial charge >= 0.3 is 0 Å². The molecule has 1 aromatic rings. The monoisotopic (exact) mass is 259 g/mol. The van der Waals surface area contributed by atoms with E-state index in [0.29, 0.717) is 18.1 Å². The van der Waals surface area contributed by atoms with Gasteiger partial charge in [-0.1, -0.05) is 24.6 Å². The van der Waals surface area contributed by atoms with Crippen LogP contribution in [-0.4, -0.2) is 28.7 Å². The van der Waals surface area contributed by atoms with Crippen LogP contribution < -0.4 is 0 Å². The van der Waals surface area contributed by atoms with Crippen molar-refractivity contribution in [3.8, 4) is 0 Å². The first-order valence-corrected chi connectivity index (χ1v) is 6.08. The Morgan fingerprint density at radius 2 is 2.06 bits per heavy atom. The van der Waals surface area contributed by atoms with E-state index in [1.54, 1.807) is 19.9 Å². The highest BCUT2D eigenvalue weighted by atomic mass is 35.5. The summed E-state index contributed by atoms with van der Waals surface area (Å²) in [7, 11) is 0. The number of likely N-dealkylation sites (N-methyl/N-ethyl adjacent to an activating group) is 1. The molecule has 0 aliphatic rings. The van der Waals surface area contributed by atoms with Crippen LogP contribution in [0.4, 0.5) is 4.39 Å².